The van der Waals surface area contributed by atoms with Crippen molar-refractivity contribution in [3.8, 4) is 10.6 Å². The summed E-state index contributed by atoms with van der Waals surface area (Å²) in [5, 5.41) is 10.7. The summed E-state index contributed by atoms with van der Waals surface area (Å²) in [6.07, 6.45) is 0. The molecule has 6 nitrogen and oxygen atoms in total. The maximum atomic E-state index is 13.6. The van der Waals surface area contributed by atoms with E-state index in [1.807, 2.05) is 0 Å². The molecule has 19 heavy (non-hydrogen) atoms. The predicted octanol–water partition coefficient (Wildman–Crippen LogP) is 1.51. The summed E-state index contributed by atoms with van der Waals surface area (Å²) >= 11 is 1.06. The third-order valence-electron chi connectivity index (χ3n) is 2.17. The number of hydrogen-bond acceptors (Lipinski definition) is 6. The molecular weight excluding hydrogens is 271 g/mol. The molecule has 0 saturated heterocycles. The average Bonchev–Trinajstić information content (AvgIpc) is 2.81. The van der Waals surface area contributed by atoms with E-state index in [0.29, 0.717) is 10.7 Å². The van der Waals surface area contributed by atoms with E-state index in [4.69, 9.17) is 5.73 Å². The molecule has 0 unspecified atom stereocenters. The van der Waals surface area contributed by atoms with Crippen molar-refractivity contribution in [2.45, 2.75) is 0 Å². The van der Waals surface area contributed by atoms with Crippen molar-refractivity contribution >= 4 is 28.1 Å². The molecule has 8 heteroatoms. The molecule has 0 aliphatic carbocycles. The lowest BCUT2D eigenvalue weighted by Crippen LogP contribution is -2.16. The van der Waals surface area contributed by atoms with E-state index >= 15 is 0 Å². The summed E-state index contributed by atoms with van der Waals surface area (Å²) < 4.78 is 18.3. The number of benzene rings is 1. The third kappa shape index (κ3) is 3.24. The van der Waals surface area contributed by atoms with Gasteiger partial charge in [0.1, 0.15) is 12.4 Å². The number of rotatable bonds is 4. The first-order valence-corrected chi connectivity index (χ1v) is 6.09. The van der Waals surface area contributed by atoms with Gasteiger partial charge in [-0.25, -0.2) is 4.39 Å². The Labute approximate surface area is 112 Å². The second-order valence-electron chi connectivity index (χ2n) is 3.63. The lowest BCUT2D eigenvalue weighted by molar-refractivity contribution is -0.119. The van der Waals surface area contributed by atoms with Crippen LogP contribution in [-0.2, 0) is 9.53 Å². The van der Waals surface area contributed by atoms with E-state index in [1.165, 1.54) is 25.3 Å². The van der Waals surface area contributed by atoms with Gasteiger partial charge in [0, 0.05) is 12.8 Å². The third-order valence-corrected chi connectivity index (χ3v) is 3.04. The number of aromatic nitrogens is 2. The van der Waals surface area contributed by atoms with Gasteiger partial charge in [-0.2, -0.15) is 0 Å². The van der Waals surface area contributed by atoms with Gasteiger partial charge in [-0.1, -0.05) is 11.3 Å². The fourth-order valence-corrected chi connectivity index (χ4v) is 2.15. The molecule has 0 bridgehead atoms. The SMILES string of the molecule is COCC(=O)Nc1nnc(-c2cc(N)ccc2F)s1. The molecule has 3 N–H and O–H groups in total. The molecule has 0 aliphatic rings. The first kappa shape index (κ1) is 13.4. The van der Waals surface area contributed by atoms with E-state index in [9.17, 15) is 9.18 Å². The van der Waals surface area contributed by atoms with Gasteiger partial charge in [-0.15, -0.1) is 10.2 Å². The van der Waals surface area contributed by atoms with Gasteiger partial charge in [-0.05, 0) is 18.2 Å². The fourth-order valence-electron chi connectivity index (χ4n) is 1.38. The van der Waals surface area contributed by atoms with E-state index in [-0.39, 0.29) is 23.2 Å². The zero-order valence-electron chi connectivity index (χ0n) is 10.0. The van der Waals surface area contributed by atoms with Crippen LogP contribution < -0.4 is 11.1 Å². The summed E-state index contributed by atoms with van der Waals surface area (Å²) in [6.45, 7) is -0.0818. The van der Waals surface area contributed by atoms with Crippen LogP contribution in [0, 0.1) is 5.82 Å². The van der Waals surface area contributed by atoms with Crippen LogP contribution in [-0.4, -0.2) is 29.8 Å². The monoisotopic (exact) mass is 282 g/mol. The second kappa shape index (κ2) is 5.72. The number of anilines is 2. The summed E-state index contributed by atoms with van der Waals surface area (Å²) in [7, 11) is 1.41. The standard InChI is InChI=1S/C11H11FN4O2S/c1-18-5-9(17)14-11-16-15-10(19-11)7-4-6(13)2-3-8(7)12/h2-4H,5,13H2,1H3,(H,14,16,17). The molecule has 0 fully saturated rings. The van der Waals surface area contributed by atoms with Crippen LogP contribution in [0.15, 0.2) is 18.2 Å². The van der Waals surface area contributed by atoms with Crippen LogP contribution in [0.5, 0.6) is 0 Å². The Morgan fingerprint density at radius 3 is 3.05 bits per heavy atom. The molecule has 2 rings (SSSR count). The first-order chi connectivity index (χ1) is 9.10. The van der Waals surface area contributed by atoms with Crippen LogP contribution in [0.25, 0.3) is 10.6 Å². The molecule has 1 amide bonds. The molecule has 0 aliphatic heterocycles. The highest BCUT2D eigenvalue weighted by molar-refractivity contribution is 7.18. The Morgan fingerprint density at radius 1 is 1.53 bits per heavy atom. The number of halogens is 1. The maximum absolute atomic E-state index is 13.6. The predicted molar refractivity (Wildman–Crippen MR) is 70.2 cm³/mol. The molecule has 1 aromatic heterocycles. The molecule has 0 spiro atoms. The number of nitrogens with zero attached hydrogens (tertiary/aromatic N) is 2. The normalized spacial score (nSPS) is 10.4. The fraction of sp³-hybridized carbons (Fsp3) is 0.182. The second-order valence-corrected chi connectivity index (χ2v) is 4.61. The minimum absolute atomic E-state index is 0.0818. The van der Waals surface area contributed by atoms with Gasteiger partial charge in [-0.3, -0.25) is 10.1 Å². The van der Waals surface area contributed by atoms with E-state index in [0.717, 1.165) is 11.3 Å². The first-order valence-electron chi connectivity index (χ1n) is 5.28. The van der Waals surface area contributed by atoms with Crippen LogP contribution in [0.4, 0.5) is 15.2 Å². The van der Waals surface area contributed by atoms with E-state index < -0.39 is 5.82 Å². The Morgan fingerprint density at radius 2 is 2.32 bits per heavy atom. The number of nitrogen functional groups attached to an aromatic ring is 1. The molecular formula is C11H11FN4O2S. The van der Waals surface area contributed by atoms with Gasteiger partial charge in [0.25, 0.3) is 5.91 Å². The lowest BCUT2D eigenvalue weighted by atomic mass is 10.2. The Balaban J connectivity index is 2.21. The van der Waals surface area contributed by atoms with Gasteiger partial charge in [0.15, 0.2) is 5.01 Å². The molecule has 0 saturated carbocycles. The highest BCUT2D eigenvalue weighted by Crippen LogP contribution is 2.29. The van der Waals surface area contributed by atoms with E-state index in [2.05, 4.69) is 20.3 Å². The quantitative estimate of drug-likeness (QED) is 0.830. The number of nitrogens with one attached hydrogen (secondary N) is 1. The van der Waals surface area contributed by atoms with Gasteiger partial charge < -0.3 is 10.5 Å². The molecule has 1 aromatic carbocycles. The maximum Gasteiger partial charge on any atom is 0.252 e. The Bertz CT molecular complexity index is 602. The van der Waals surface area contributed by atoms with Crippen molar-refractivity contribution in [1.29, 1.82) is 0 Å². The number of methoxy groups -OCH3 is 1. The summed E-state index contributed by atoms with van der Waals surface area (Å²) in [6, 6.07) is 4.19. The highest BCUT2D eigenvalue weighted by atomic mass is 32.1. The number of nitrogens with two attached hydrogens (primary N) is 1. The van der Waals surface area contributed by atoms with E-state index in [1.54, 1.807) is 0 Å². The minimum atomic E-state index is -0.444. The van der Waals surface area contributed by atoms with Crippen molar-refractivity contribution in [2.24, 2.45) is 0 Å². The van der Waals surface area contributed by atoms with Gasteiger partial charge in [0.05, 0.1) is 5.56 Å². The smallest absolute Gasteiger partial charge is 0.252 e. The largest absolute Gasteiger partial charge is 0.399 e. The zero-order valence-corrected chi connectivity index (χ0v) is 10.8. The van der Waals surface area contributed by atoms with Crippen molar-refractivity contribution in [1.82, 2.24) is 10.2 Å². The van der Waals surface area contributed by atoms with Crippen molar-refractivity contribution in [3.05, 3.63) is 24.0 Å². The molecule has 0 atom stereocenters. The van der Waals surface area contributed by atoms with Crippen molar-refractivity contribution < 1.29 is 13.9 Å². The Kier molecular flexibility index (Phi) is 4.03. The van der Waals surface area contributed by atoms with Crippen LogP contribution in [0.1, 0.15) is 0 Å². The molecule has 1 heterocycles. The zero-order chi connectivity index (χ0) is 13.8. The topological polar surface area (TPSA) is 90.1 Å². The molecule has 100 valence electrons. The number of amides is 1. The number of carbonyl (C=O) groups is 1. The van der Waals surface area contributed by atoms with Crippen molar-refractivity contribution in [3.63, 3.8) is 0 Å². The van der Waals surface area contributed by atoms with Gasteiger partial charge in [0.2, 0.25) is 5.13 Å². The number of carbonyl (C=O) groups excluding carboxylic acids is 1. The lowest BCUT2D eigenvalue weighted by Gasteiger charge is -2.00. The van der Waals surface area contributed by atoms with Crippen LogP contribution in [0.2, 0.25) is 0 Å². The van der Waals surface area contributed by atoms with Gasteiger partial charge >= 0.3 is 0 Å². The van der Waals surface area contributed by atoms with Crippen LogP contribution >= 0.6 is 11.3 Å². The summed E-state index contributed by atoms with van der Waals surface area (Å²) in [5.74, 6) is -0.793. The number of hydrogen-bond donors (Lipinski definition) is 2. The van der Waals surface area contributed by atoms with Crippen molar-refractivity contribution in [2.75, 3.05) is 24.8 Å². The molecule has 2 aromatic rings. The number of ether oxygens (including phenoxy) is 1. The minimum Gasteiger partial charge on any atom is -0.399 e. The summed E-state index contributed by atoms with van der Waals surface area (Å²) in [4.78, 5) is 11.3. The average molecular weight is 282 g/mol. The van der Waals surface area contributed by atoms with Crippen LogP contribution in [0.3, 0.4) is 0 Å². The summed E-state index contributed by atoms with van der Waals surface area (Å²) in [5.41, 5.74) is 6.28. The molecule has 0 radical (unpaired) electrons. The Hall–Kier alpha value is -2.06. The highest BCUT2D eigenvalue weighted by Gasteiger charge is 2.13.